The van der Waals surface area contributed by atoms with Crippen LogP contribution in [-0.4, -0.2) is 84.9 Å². The molecule has 1 atom stereocenters. The van der Waals surface area contributed by atoms with E-state index in [0.29, 0.717) is 49.8 Å². The summed E-state index contributed by atoms with van der Waals surface area (Å²) < 4.78 is 33.2. The van der Waals surface area contributed by atoms with Crippen LogP contribution in [0.1, 0.15) is 18.7 Å². The first kappa shape index (κ1) is 22.2. The minimum atomic E-state index is -3.89. The second-order valence-electron chi connectivity index (χ2n) is 8.11. The number of likely N-dealkylation sites (N-methyl/N-ethyl adjacent to an activating group) is 1. The number of piperidine rings is 1. The summed E-state index contributed by atoms with van der Waals surface area (Å²) in [6, 6.07) is 4.64. The summed E-state index contributed by atoms with van der Waals surface area (Å²) in [7, 11) is -1.85. The number of carbonyl (C=O) groups excluding carboxylic acids is 1. The van der Waals surface area contributed by atoms with Crippen molar-refractivity contribution in [3.63, 3.8) is 0 Å². The van der Waals surface area contributed by atoms with Crippen molar-refractivity contribution in [2.45, 2.75) is 24.7 Å². The molecule has 3 heterocycles. The Balaban J connectivity index is 1.55. The fourth-order valence-electron chi connectivity index (χ4n) is 4.04. The first-order chi connectivity index (χ1) is 14.8. The van der Waals surface area contributed by atoms with E-state index < -0.39 is 10.0 Å². The second-order valence-corrected chi connectivity index (χ2v) is 10.4. The molecule has 0 unspecified atom stereocenters. The SMILES string of the molecule is Cc1nc(-c2ccc(Cl)c(S(=O)(=O)N3CCC[C@@H](C(=O)N4CCN(C)CC4)C3)c2)no1. The van der Waals surface area contributed by atoms with Crippen LogP contribution in [0.25, 0.3) is 11.4 Å². The lowest BCUT2D eigenvalue weighted by molar-refractivity contribution is -0.138. The van der Waals surface area contributed by atoms with Crippen LogP contribution in [0.4, 0.5) is 0 Å². The molecule has 0 aliphatic carbocycles. The number of halogens is 1. The molecule has 1 aromatic heterocycles. The Morgan fingerprint density at radius 1 is 1.19 bits per heavy atom. The van der Waals surface area contributed by atoms with E-state index in [9.17, 15) is 13.2 Å². The number of nitrogens with zero attached hydrogens (tertiary/aromatic N) is 5. The van der Waals surface area contributed by atoms with Gasteiger partial charge in [0.05, 0.1) is 10.9 Å². The molecule has 0 saturated carbocycles. The molecule has 11 heteroatoms. The monoisotopic (exact) mass is 467 g/mol. The van der Waals surface area contributed by atoms with Gasteiger partial charge in [0.1, 0.15) is 4.90 Å². The summed E-state index contributed by atoms with van der Waals surface area (Å²) in [5, 5.41) is 3.97. The van der Waals surface area contributed by atoms with Gasteiger partial charge in [0, 0.05) is 51.8 Å². The molecule has 168 valence electrons. The van der Waals surface area contributed by atoms with Gasteiger partial charge in [-0.1, -0.05) is 16.8 Å². The number of rotatable bonds is 4. The number of benzene rings is 1. The van der Waals surface area contributed by atoms with Crippen molar-refractivity contribution in [1.29, 1.82) is 0 Å². The van der Waals surface area contributed by atoms with Crippen molar-refractivity contribution in [3.05, 3.63) is 29.1 Å². The number of sulfonamides is 1. The summed E-state index contributed by atoms with van der Waals surface area (Å²) in [5.74, 6) is 0.381. The van der Waals surface area contributed by atoms with E-state index in [0.717, 1.165) is 13.1 Å². The Bertz CT molecular complexity index is 1070. The molecular formula is C20H26ClN5O4S. The zero-order valence-electron chi connectivity index (χ0n) is 17.6. The summed E-state index contributed by atoms with van der Waals surface area (Å²) in [4.78, 5) is 21.2. The summed E-state index contributed by atoms with van der Waals surface area (Å²) in [5.41, 5.74) is 0.502. The Labute approximate surface area is 187 Å². The van der Waals surface area contributed by atoms with E-state index in [-0.39, 0.29) is 28.3 Å². The van der Waals surface area contributed by atoms with Gasteiger partial charge in [-0.15, -0.1) is 0 Å². The van der Waals surface area contributed by atoms with Gasteiger partial charge < -0.3 is 14.3 Å². The highest BCUT2D eigenvalue weighted by molar-refractivity contribution is 7.89. The lowest BCUT2D eigenvalue weighted by Gasteiger charge is -2.37. The molecule has 31 heavy (non-hydrogen) atoms. The smallest absolute Gasteiger partial charge is 0.244 e. The Morgan fingerprint density at radius 2 is 1.94 bits per heavy atom. The highest BCUT2D eigenvalue weighted by Gasteiger charge is 2.36. The third-order valence-electron chi connectivity index (χ3n) is 5.88. The number of hydrogen-bond acceptors (Lipinski definition) is 7. The highest BCUT2D eigenvalue weighted by Crippen LogP contribution is 2.32. The van der Waals surface area contributed by atoms with E-state index in [2.05, 4.69) is 15.0 Å². The summed E-state index contributed by atoms with van der Waals surface area (Å²) in [6.07, 6.45) is 1.32. The van der Waals surface area contributed by atoms with Gasteiger partial charge in [-0.2, -0.15) is 9.29 Å². The maximum Gasteiger partial charge on any atom is 0.244 e. The van der Waals surface area contributed by atoms with Gasteiger partial charge in [-0.05, 0) is 38.1 Å². The number of amides is 1. The lowest BCUT2D eigenvalue weighted by atomic mass is 9.98. The Kier molecular flexibility index (Phi) is 6.34. The topological polar surface area (TPSA) is 99.8 Å². The fourth-order valence-corrected chi connectivity index (χ4v) is 6.07. The Morgan fingerprint density at radius 3 is 2.61 bits per heavy atom. The van der Waals surface area contributed by atoms with Gasteiger partial charge >= 0.3 is 0 Å². The number of aryl methyl sites for hydroxylation is 1. The number of carbonyl (C=O) groups is 1. The highest BCUT2D eigenvalue weighted by atomic mass is 35.5. The standard InChI is InChI=1S/C20H26ClN5O4S/c1-14-22-19(23-30-14)15-5-6-17(21)18(12-15)31(28,29)26-7-3-4-16(13-26)20(27)25-10-8-24(2)9-11-25/h5-6,12,16H,3-4,7-11,13H2,1-2H3/t16-/m1/s1. The van der Waals surface area contributed by atoms with Gasteiger partial charge in [0.2, 0.25) is 27.6 Å². The van der Waals surface area contributed by atoms with Crippen molar-refractivity contribution in [2.24, 2.45) is 5.92 Å². The first-order valence-corrected chi connectivity index (χ1v) is 12.2. The molecule has 1 amide bonds. The molecule has 2 saturated heterocycles. The molecule has 9 nitrogen and oxygen atoms in total. The minimum absolute atomic E-state index is 0.0122. The molecule has 2 aromatic rings. The predicted octanol–water partition coefficient (Wildman–Crippen LogP) is 1.87. The van der Waals surface area contributed by atoms with Gasteiger partial charge in [0.25, 0.3) is 0 Å². The van der Waals surface area contributed by atoms with Crippen LogP contribution in [0.15, 0.2) is 27.6 Å². The third kappa shape index (κ3) is 4.62. The predicted molar refractivity (Wildman–Crippen MR) is 115 cm³/mol. The third-order valence-corrected chi connectivity index (χ3v) is 8.23. The van der Waals surface area contributed by atoms with Crippen LogP contribution >= 0.6 is 11.6 Å². The molecule has 1 aromatic carbocycles. The van der Waals surface area contributed by atoms with E-state index in [1.165, 1.54) is 16.4 Å². The summed E-state index contributed by atoms with van der Waals surface area (Å²) >= 11 is 6.28. The summed E-state index contributed by atoms with van der Waals surface area (Å²) in [6.45, 7) is 5.20. The minimum Gasteiger partial charge on any atom is -0.340 e. The molecule has 0 bridgehead atoms. The van der Waals surface area contributed by atoms with E-state index in [1.807, 2.05) is 11.9 Å². The Hall–Kier alpha value is -2.01. The van der Waals surface area contributed by atoms with E-state index in [4.69, 9.17) is 16.1 Å². The zero-order chi connectivity index (χ0) is 22.2. The molecular weight excluding hydrogens is 442 g/mol. The van der Waals surface area contributed by atoms with E-state index >= 15 is 0 Å². The van der Waals surface area contributed by atoms with E-state index in [1.54, 1.807) is 13.0 Å². The second kappa shape index (κ2) is 8.85. The maximum absolute atomic E-state index is 13.4. The number of aromatic nitrogens is 2. The molecule has 0 radical (unpaired) electrons. The quantitative estimate of drug-likeness (QED) is 0.676. The molecule has 2 fully saturated rings. The van der Waals surface area contributed by atoms with Crippen molar-refractivity contribution in [1.82, 2.24) is 24.2 Å². The van der Waals surface area contributed by atoms with Crippen LogP contribution < -0.4 is 0 Å². The van der Waals surface area contributed by atoms with Crippen molar-refractivity contribution in [3.8, 4) is 11.4 Å². The normalized spacial score (nSPS) is 21.4. The number of hydrogen-bond donors (Lipinski definition) is 0. The molecule has 0 spiro atoms. The number of piperazine rings is 1. The van der Waals surface area contributed by atoms with Crippen LogP contribution in [0, 0.1) is 12.8 Å². The van der Waals surface area contributed by atoms with Crippen LogP contribution in [0.3, 0.4) is 0 Å². The lowest BCUT2D eigenvalue weighted by Crippen LogP contribution is -2.52. The van der Waals surface area contributed by atoms with Gasteiger partial charge in [0.15, 0.2) is 0 Å². The van der Waals surface area contributed by atoms with Gasteiger partial charge in [-0.3, -0.25) is 4.79 Å². The largest absolute Gasteiger partial charge is 0.340 e. The molecule has 2 aliphatic rings. The van der Waals surface area contributed by atoms with Crippen molar-refractivity contribution < 1.29 is 17.7 Å². The fraction of sp³-hybridized carbons (Fsp3) is 0.550. The average molecular weight is 468 g/mol. The maximum atomic E-state index is 13.4. The van der Waals surface area contributed by atoms with Crippen LogP contribution in [-0.2, 0) is 14.8 Å². The van der Waals surface area contributed by atoms with Crippen molar-refractivity contribution >= 4 is 27.5 Å². The van der Waals surface area contributed by atoms with Crippen molar-refractivity contribution in [2.75, 3.05) is 46.3 Å². The van der Waals surface area contributed by atoms with Gasteiger partial charge in [-0.25, -0.2) is 8.42 Å². The molecule has 2 aliphatic heterocycles. The van der Waals surface area contributed by atoms with Crippen LogP contribution in [0.2, 0.25) is 5.02 Å². The molecule has 0 N–H and O–H groups in total. The molecule has 4 rings (SSSR count). The zero-order valence-corrected chi connectivity index (χ0v) is 19.2. The average Bonchev–Trinajstić information content (AvgIpc) is 3.20. The first-order valence-electron chi connectivity index (χ1n) is 10.3. The van der Waals surface area contributed by atoms with Crippen LogP contribution in [0.5, 0.6) is 0 Å².